The van der Waals surface area contributed by atoms with Crippen LogP contribution in [0.4, 0.5) is 9.93 Å². The smallest absolute Gasteiger partial charge is 0.405 e. The zero-order chi connectivity index (χ0) is 21.7. The number of rotatable bonds is 9. The minimum atomic E-state index is -3.78. The molecule has 0 aliphatic carbocycles. The molecule has 11 nitrogen and oxygen atoms in total. The monoisotopic (exact) mass is 455 g/mol. The predicted octanol–water partition coefficient (Wildman–Crippen LogP) is 1.24. The molecular weight excluding hydrogens is 434 g/mol. The predicted molar refractivity (Wildman–Crippen MR) is 110 cm³/mol. The van der Waals surface area contributed by atoms with Crippen molar-refractivity contribution in [1.29, 1.82) is 0 Å². The van der Waals surface area contributed by atoms with E-state index in [1.807, 2.05) is 24.3 Å². The van der Waals surface area contributed by atoms with Gasteiger partial charge in [-0.25, -0.2) is 19.6 Å². The fraction of sp³-hybridized carbons (Fsp3) is 0.353. The molecule has 3 rings (SSSR count). The van der Waals surface area contributed by atoms with Crippen LogP contribution < -0.4 is 25.2 Å². The standard InChI is InChI=1S/C17H21N5O6S2/c18-30(26,27)19-8-4-3-6-11(20-17(24)25)15(23)22-16-21-14-10-5-1-2-7-12(10)28-9-13(14)29-16/h1-2,5,7,11,19-20H,3-4,6,8-9H2,(H,24,25)(H2,18,26,27)(H,21,22,23). The zero-order valence-electron chi connectivity index (χ0n) is 15.8. The Morgan fingerprint density at radius 3 is 2.80 bits per heavy atom. The van der Waals surface area contributed by atoms with Gasteiger partial charge in [-0.05, 0) is 31.4 Å². The van der Waals surface area contributed by atoms with Gasteiger partial charge in [0.05, 0.1) is 10.6 Å². The Bertz CT molecular complexity index is 1040. The van der Waals surface area contributed by atoms with Gasteiger partial charge in [0, 0.05) is 12.1 Å². The number of para-hydroxylation sites is 1. The molecular formula is C17H21N5O6S2. The Hall–Kier alpha value is -2.74. The van der Waals surface area contributed by atoms with Crippen molar-refractivity contribution in [2.75, 3.05) is 11.9 Å². The van der Waals surface area contributed by atoms with Gasteiger partial charge in [-0.15, -0.1) is 0 Å². The largest absolute Gasteiger partial charge is 0.487 e. The number of anilines is 1. The first kappa shape index (κ1) is 22.0. The van der Waals surface area contributed by atoms with Crippen LogP contribution in [-0.4, -0.2) is 43.1 Å². The summed E-state index contributed by atoms with van der Waals surface area (Å²) >= 11 is 1.26. The molecule has 0 fully saturated rings. The van der Waals surface area contributed by atoms with E-state index in [-0.39, 0.29) is 13.0 Å². The van der Waals surface area contributed by atoms with Crippen molar-refractivity contribution in [1.82, 2.24) is 15.0 Å². The highest BCUT2D eigenvalue weighted by Gasteiger charge is 2.25. The number of thiazole rings is 1. The highest BCUT2D eigenvalue weighted by molar-refractivity contribution is 7.87. The van der Waals surface area contributed by atoms with Crippen LogP contribution >= 0.6 is 11.3 Å². The van der Waals surface area contributed by atoms with Crippen molar-refractivity contribution in [3.05, 3.63) is 29.1 Å². The number of unbranched alkanes of at least 4 members (excludes halogenated alkanes) is 1. The van der Waals surface area contributed by atoms with Crippen molar-refractivity contribution in [3.63, 3.8) is 0 Å². The lowest BCUT2D eigenvalue weighted by Crippen LogP contribution is -2.43. The number of hydrogen-bond acceptors (Lipinski definition) is 7. The first-order valence-electron chi connectivity index (χ1n) is 9.02. The second-order valence-corrected chi connectivity index (χ2v) is 8.96. The topological polar surface area (TPSA) is 173 Å². The number of ether oxygens (including phenoxy) is 1. The molecule has 1 unspecified atom stereocenters. The van der Waals surface area contributed by atoms with Gasteiger partial charge >= 0.3 is 6.09 Å². The maximum absolute atomic E-state index is 12.6. The summed E-state index contributed by atoms with van der Waals surface area (Å²) in [5.74, 6) is 0.170. The van der Waals surface area contributed by atoms with Crippen LogP contribution in [0.2, 0.25) is 0 Å². The van der Waals surface area contributed by atoms with Gasteiger partial charge in [-0.3, -0.25) is 4.79 Å². The maximum Gasteiger partial charge on any atom is 0.405 e. The number of carbonyl (C=O) groups is 2. The van der Waals surface area contributed by atoms with Gasteiger partial charge in [0.2, 0.25) is 5.91 Å². The molecule has 13 heteroatoms. The van der Waals surface area contributed by atoms with E-state index < -0.39 is 28.3 Å². The first-order chi connectivity index (χ1) is 14.2. The van der Waals surface area contributed by atoms with Crippen LogP contribution in [0.15, 0.2) is 24.3 Å². The van der Waals surface area contributed by atoms with E-state index in [0.717, 1.165) is 16.1 Å². The third kappa shape index (κ3) is 5.89. The van der Waals surface area contributed by atoms with Gasteiger partial charge in [0.1, 0.15) is 18.4 Å². The number of nitrogens with zero attached hydrogens (tertiary/aromatic N) is 1. The number of fused-ring (bicyclic) bond motifs is 3. The number of nitrogens with one attached hydrogen (secondary N) is 3. The quantitative estimate of drug-likeness (QED) is 0.354. The zero-order valence-corrected chi connectivity index (χ0v) is 17.4. The van der Waals surface area contributed by atoms with Crippen LogP contribution in [-0.2, 0) is 21.6 Å². The number of nitrogens with two attached hydrogens (primary N) is 1. The van der Waals surface area contributed by atoms with Crippen molar-refractivity contribution in [2.45, 2.75) is 31.9 Å². The summed E-state index contributed by atoms with van der Waals surface area (Å²) in [4.78, 5) is 29.0. The van der Waals surface area contributed by atoms with Crippen LogP contribution in [0, 0.1) is 0 Å². The van der Waals surface area contributed by atoms with Crippen LogP contribution in [0.1, 0.15) is 24.1 Å². The molecule has 1 aliphatic rings. The summed E-state index contributed by atoms with van der Waals surface area (Å²) in [6.45, 7) is 0.437. The van der Waals surface area contributed by atoms with Gasteiger partial charge in [0.25, 0.3) is 10.2 Å². The third-order valence-corrected chi connectivity index (χ3v) is 5.82. The van der Waals surface area contributed by atoms with E-state index in [1.165, 1.54) is 11.3 Å². The molecule has 2 aromatic rings. The lowest BCUT2D eigenvalue weighted by atomic mass is 10.1. The average molecular weight is 456 g/mol. The number of carboxylic acid groups (broad SMARTS) is 1. The Kier molecular flexibility index (Phi) is 6.87. The Labute approximate surface area is 176 Å². The van der Waals surface area contributed by atoms with Crippen LogP contribution in [0.3, 0.4) is 0 Å². The van der Waals surface area contributed by atoms with Crippen molar-refractivity contribution < 1.29 is 27.9 Å². The molecule has 30 heavy (non-hydrogen) atoms. The third-order valence-electron chi connectivity index (χ3n) is 4.27. The lowest BCUT2D eigenvalue weighted by Gasteiger charge is -2.15. The van der Waals surface area contributed by atoms with E-state index in [1.54, 1.807) is 0 Å². The normalized spacial score (nSPS) is 13.5. The number of amides is 2. The minimum absolute atomic E-state index is 0.0961. The molecule has 0 spiro atoms. The Morgan fingerprint density at radius 2 is 2.07 bits per heavy atom. The van der Waals surface area contributed by atoms with E-state index in [0.29, 0.717) is 30.3 Å². The summed E-state index contributed by atoms with van der Waals surface area (Å²) in [6, 6.07) is 6.43. The summed E-state index contributed by atoms with van der Waals surface area (Å²) in [7, 11) is -3.78. The molecule has 2 heterocycles. The van der Waals surface area contributed by atoms with Crippen molar-refractivity contribution >= 4 is 38.7 Å². The van der Waals surface area contributed by atoms with E-state index in [9.17, 15) is 18.0 Å². The van der Waals surface area contributed by atoms with Crippen LogP contribution in [0.5, 0.6) is 5.75 Å². The SMILES string of the molecule is NS(=O)(=O)NCCCCC(NC(=O)O)C(=O)Nc1nc2c(s1)COc1ccccc1-2. The lowest BCUT2D eigenvalue weighted by molar-refractivity contribution is -0.118. The average Bonchev–Trinajstić information content (AvgIpc) is 3.08. The fourth-order valence-electron chi connectivity index (χ4n) is 2.94. The fourth-order valence-corrected chi connectivity index (χ4v) is 4.26. The first-order valence-corrected chi connectivity index (χ1v) is 11.4. The molecule has 0 saturated carbocycles. The number of carbonyl (C=O) groups excluding carboxylic acids is 1. The highest BCUT2D eigenvalue weighted by atomic mass is 32.2. The summed E-state index contributed by atoms with van der Waals surface area (Å²) in [6.07, 6.45) is -0.363. The van der Waals surface area contributed by atoms with Crippen molar-refractivity contribution in [3.8, 4) is 17.0 Å². The van der Waals surface area contributed by atoms with Gasteiger partial charge < -0.3 is 20.5 Å². The molecule has 162 valence electrons. The number of hydrogen-bond donors (Lipinski definition) is 5. The molecule has 1 atom stereocenters. The highest BCUT2D eigenvalue weighted by Crippen LogP contribution is 2.40. The Balaban J connectivity index is 1.62. The second kappa shape index (κ2) is 9.38. The summed E-state index contributed by atoms with van der Waals surface area (Å²) in [5.41, 5.74) is 1.56. The number of benzene rings is 1. The number of aromatic nitrogens is 1. The van der Waals surface area contributed by atoms with Crippen LogP contribution in [0.25, 0.3) is 11.3 Å². The summed E-state index contributed by atoms with van der Waals surface area (Å²) < 4.78 is 29.5. The molecule has 1 aliphatic heterocycles. The molecule has 1 aromatic heterocycles. The summed E-state index contributed by atoms with van der Waals surface area (Å²) in [5, 5.41) is 19.0. The maximum atomic E-state index is 12.6. The van der Waals surface area contributed by atoms with Gasteiger partial charge in [-0.1, -0.05) is 23.5 Å². The molecule has 6 N–H and O–H groups in total. The molecule has 0 bridgehead atoms. The van der Waals surface area contributed by atoms with Gasteiger partial charge in [0.15, 0.2) is 5.13 Å². The van der Waals surface area contributed by atoms with E-state index in [4.69, 9.17) is 15.0 Å². The van der Waals surface area contributed by atoms with Gasteiger partial charge in [-0.2, -0.15) is 8.42 Å². The molecule has 0 saturated heterocycles. The van der Waals surface area contributed by atoms with E-state index in [2.05, 4.69) is 20.3 Å². The molecule has 2 amide bonds. The molecule has 1 aromatic carbocycles. The van der Waals surface area contributed by atoms with E-state index >= 15 is 0 Å². The second-order valence-electron chi connectivity index (χ2n) is 6.50. The van der Waals surface area contributed by atoms with Crippen molar-refractivity contribution in [2.24, 2.45) is 5.14 Å². The Morgan fingerprint density at radius 1 is 1.30 bits per heavy atom. The minimum Gasteiger partial charge on any atom is -0.487 e. The molecule has 0 radical (unpaired) electrons.